The Morgan fingerprint density at radius 2 is 2.11 bits per heavy atom. The molecule has 0 spiro atoms. The van der Waals surface area contributed by atoms with Crippen molar-refractivity contribution in [3.05, 3.63) is 0 Å². The van der Waals surface area contributed by atoms with Gasteiger partial charge in [-0.05, 0) is 0 Å². The molecule has 0 aromatic heterocycles. The first kappa shape index (κ1) is 15.6. The molecule has 18 heavy (non-hydrogen) atoms. The maximum atomic E-state index is 11.0. The van der Waals surface area contributed by atoms with Crippen molar-refractivity contribution in [3.63, 3.8) is 0 Å². The Balaban J connectivity index is 2.76. The Kier molecular flexibility index (Phi) is 6.27. The Morgan fingerprint density at radius 3 is 2.61 bits per heavy atom. The zero-order valence-electron chi connectivity index (χ0n) is 9.95. The molecule has 0 aromatic carbocycles. The summed E-state index contributed by atoms with van der Waals surface area (Å²) >= 11 is 5.48. The topological polar surface area (TPSA) is 108 Å². The van der Waals surface area contributed by atoms with Gasteiger partial charge in [0.2, 0.25) is 5.91 Å². The quantitative estimate of drug-likeness (QED) is 0.443. The van der Waals surface area contributed by atoms with E-state index in [1.165, 1.54) is 6.92 Å². The third-order valence-corrected chi connectivity index (χ3v) is 2.76. The smallest absolute Gasteiger partial charge is 0.217 e. The molecule has 7 nitrogen and oxygen atoms in total. The van der Waals surface area contributed by atoms with Gasteiger partial charge in [-0.2, -0.15) is 0 Å². The van der Waals surface area contributed by atoms with Crippen LogP contribution in [0.3, 0.4) is 0 Å². The molecule has 1 saturated heterocycles. The van der Waals surface area contributed by atoms with Crippen LogP contribution in [0.1, 0.15) is 6.92 Å². The molecule has 106 valence electrons. The first-order valence-electron chi connectivity index (χ1n) is 5.58. The van der Waals surface area contributed by atoms with E-state index in [1.807, 2.05) is 0 Å². The van der Waals surface area contributed by atoms with Crippen molar-refractivity contribution in [1.82, 2.24) is 5.32 Å². The number of nitrogens with one attached hydrogen (secondary N) is 1. The summed E-state index contributed by atoms with van der Waals surface area (Å²) in [4.78, 5) is 11.0. The Labute approximate surface area is 110 Å². The van der Waals surface area contributed by atoms with Crippen molar-refractivity contribution in [2.45, 2.75) is 37.6 Å². The standard InChI is InChI=1S/C10H18ClNO6/c1-5(14)12-7-9(16)8(15)6(4-13)18-10(7)17-3-2-11/h6-10,13,15-16H,2-4H2,1H3,(H,12,14)/t6-,7+,8+,9-,10-/m0/s1. The second-order valence-corrected chi connectivity index (χ2v) is 4.37. The molecular formula is C10H18ClNO6. The normalized spacial score (nSPS) is 36.4. The number of carbonyl (C=O) groups excluding carboxylic acids is 1. The van der Waals surface area contributed by atoms with Crippen LogP contribution in [0.25, 0.3) is 0 Å². The molecule has 8 heteroatoms. The zero-order chi connectivity index (χ0) is 13.7. The number of rotatable bonds is 5. The number of amides is 1. The number of halogens is 1. The number of hydrogen-bond acceptors (Lipinski definition) is 6. The van der Waals surface area contributed by atoms with Crippen molar-refractivity contribution in [3.8, 4) is 0 Å². The second-order valence-electron chi connectivity index (χ2n) is 3.99. The van der Waals surface area contributed by atoms with Gasteiger partial charge in [0.1, 0.15) is 24.4 Å². The fourth-order valence-electron chi connectivity index (χ4n) is 1.77. The van der Waals surface area contributed by atoms with Gasteiger partial charge in [0.05, 0.1) is 13.2 Å². The van der Waals surface area contributed by atoms with Crippen LogP contribution in [0.15, 0.2) is 0 Å². The maximum Gasteiger partial charge on any atom is 0.217 e. The highest BCUT2D eigenvalue weighted by molar-refractivity contribution is 6.17. The minimum absolute atomic E-state index is 0.156. The minimum Gasteiger partial charge on any atom is -0.394 e. The summed E-state index contributed by atoms with van der Waals surface area (Å²) in [6.07, 6.45) is -4.53. The first-order valence-corrected chi connectivity index (χ1v) is 6.11. The lowest BCUT2D eigenvalue weighted by molar-refractivity contribution is -0.268. The van der Waals surface area contributed by atoms with Crippen LogP contribution in [-0.2, 0) is 14.3 Å². The highest BCUT2D eigenvalue weighted by Gasteiger charge is 2.45. The van der Waals surface area contributed by atoms with Gasteiger partial charge in [-0.3, -0.25) is 4.79 Å². The summed E-state index contributed by atoms with van der Waals surface area (Å²) in [5.74, 6) is -0.175. The highest BCUT2D eigenvalue weighted by atomic mass is 35.5. The van der Waals surface area contributed by atoms with Gasteiger partial charge in [-0.25, -0.2) is 0 Å². The monoisotopic (exact) mass is 283 g/mol. The average Bonchev–Trinajstić information content (AvgIpc) is 2.33. The highest BCUT2D eigenvalue weighted by Crippen LogP contribution is 2.22. The van der Waals surface area contributed by atoms with E-state index in [0.717, 1.165) is 0 Å². The summed E-state index contributed by atoms with van der Waals surface area (Å²) in [5, 5.41) is 31.1. The van der Waals surface area contributed by atoms with Crippen molar-refractivity contribution in [2.24, 2.45) is 0 Å². The molecule has 0 bridgehead atoms. The van der Waals surface area contributed by atoms with Crippen LogP contribution in [0.5, 0.6) is 0 Å². The van der Waals surface area contributed by atoms with Crippen LogP contribution < -0.4 is 5.32 Å². The number of hydrogen-bond donors (Lipinski definition) is 4. The van der Waals surface area contributed by atoms with E-state index in [9.17, 15) is 15.0 Å². The van der Waals surface area contributed by atoms with E-state index in [4.69, 9.17) is 26.2 Å². The maximum absolute atomic E-state index is 11.0. The van der Waals surface area contributed by atoms with Crippen molar-refractivity contribution >= 4 is 17.5 Å². The molecule has 1 rings (SSSR count). The molecule has 0 radical (unpaired) electrons. The molecule has 4 N–H and O–H groups in total. The largest absolute Gasteiger partial charge is 0.394 e. The van der Waals surface area contributed by atoms with Crippen LogP contribution in [-0.4, -0.2) is 71.0 Å². The summed E-state index contributed by atoms with van der Waals surface area (Å²) in [7, 11) is 0. The van der Waals surface area contributed by atoms with Gasteiger partial charge in [-0.15, -0.1) is 11.6 Å². The number of alkyl halides is 1. The van der Waals surface area contributed by atoms with Gasteiger partial charge < -0.3 is 30.1 Å². The Morgan fingerprint density at radius 1 is 1.44 bits per heavy atom. The van der Waals surface area contributed by atoms with Crippen LogP contribution in [0.2, 0.25) is 0 Å². The average molecular weight is 284 g/mol. The molecular weight excluding hydrogens is 266 g/mol. The van der Waals surface area contributed by atoms with E-state index >= 15 is 0 Å². The summed E-state index contributed by atoms with van der Waals surface area (Å²) in [6, 6.07) is -0.913. The molecule has 5 atom stereocenters. The lowest BCUT2D eigenvalue weighted by atomic mass is 9.97. The number of ether oxygens (including phenoxy) is 2. The van der Waals surface area contributed by atoms with Crippen LogP contribution in [0, 0.1) is 0 Å². The van der Waals surface area contributed by atoms with E-state index in [2.05, 4.69) is 5.32 Å². The first-order chi connectivity index (χ1) is 8.51. The van der Waals surface area contributed by atoms with Gasteiger partial charge in [0, 0.05) is 12.8 Å². The fourth-order valence-corrected chi connectivity index (χ4v) is 1.86. The molecule has 1 aliphatic rings. The van der Waals surface area contributed by atoms with Crippen molar-refractivity contribution < 1.29 is 29.6 Å². The molecule has 1 amide bonds. The number of aliphatic hydroxyl groups excluding tert-OH is 3. The van der Waals surface area contributed by atoms with E-state index in [1.54, 1.807) is 0 Å². The summed E-state index contributed by atoms with van der Waals surface area (Å²) < 4.78 is 10.5. The minimum atomic E-state index is -1.30. The predicted octanol–water partition coefficient (Wildman–Crippen LogP) is -1.81. The van der Waals surface area contributed by atoms with Gasteiger partial charge in [-0.1, -0.05) is 0 Å². The molecule has 1 heterocycles. The lowest BCUT2D eigenvalue weighted by Gasteiger charge is -2.42. The van der Waals surface area contributed by atoms with Gasteiger partial charge in [0.25, 0.3) is 0 Å². The Hall–Kier alpha value is -0.440. The van der Waals surface area contributed by atoms with Crippen molar-refractivity contribution in [2.75, 3.05) is 19.1 Å². The number of aliphatic hydroxyl groups is 3. The Bertz CT molecular complexity index is 279. The van der Waals surface area contributed by atoms with Crippen LogP contribution in [0.4, 0.5) is 0 Å². The van der Waals surface area contributed by atoms with E-state index in [-0.39, 0.29) is 12.5 Å². The number of carbonyl (C=O) groups is 1. The zero-order valence-corrected chi connectivity index (χ0v) is 10.7. The van der Waals surface area contributed by atoms with Crippen LogP contribution >= 0.6 is 11.6 Å². The molecule has 1 fully saturated rings. The van der Waals surface area contributed by atoms with E-state index in [0.29, 0.717) is 0 Å². The predicted molar refractivity (Wildman–Crippen MR) is 62.0 cm³/mol. The molecule has 0 unspecified atom stereocenters. The molecule has 0 aliphatic carbocycles. The third-order valence-electron chi connectivity index (χ3n) is 2.61. The summed E-state index contributed by atoms with van der Waals surface area (Å²) in [6.45, 7) is 0.963. The van der Waals surface area contributed by atoms with Crippen molar-refractivity contribution in [1.29, 1.82) is 0 Å². The summed E-state index contributed by atoms with van der Waals surface area (Å²) in [5.41, 5.74) is 0. The lowest BCUT2D eigenvalue weighted by Crippen LogP contribution is -2.64. The molecule has 1 aliphatic heterocycles. The van der Waals surface area contributed by atoms with Gasteiger partial charge in [0.15, 0.2) is 6.29 Å². The molecule has 0 aromatic rings. The fraction of sp³-hybridized carbons (Fsp3) is 0.900. The SMILES string of the molecule is CC(=O)N[C@H]1[C@@H](OCCCl)O[C@@H](CO)[C@@H](O)[C@H]1O. The second kappa shape index (κ2) is 7.22. The molecule has 0 saturated carbocycles. The van der Waals surface area contributed by atoms with E-state index < -0.39 is 43.2 Å². The van der Waals surface area contributed by atoms with Gasteiger partial charge >= 0.3 is 0 Å². The third kappa shape index (κ3) is 3.78.